The van der Waals surface area contributed by atoms with Gasteiger partial charge in [-0.15, -0.1) is 0 Å². The molecular formula is C21H25N3O2S. The summed E-state index contributed by atoms with van der Waals surface area (Å²) >= 11 is 5.40. The lowest BCUT2D eigenvalue weighted by atomic mass is 10.1. The van der Waals surface area contributed by atoms with E-state index in [2.05, 4.69) is 10.6 Å². The van der Waals surface area contributed by atoms with Crippen LogP contribution in [-0.2, 0) is 4.79 Å². The lowest BCUT2D eigenvalue weighted by Gasteiger charge is -2.20. The van der Waals surface area contributed by atoms with Gasteiger partial charge in [0.25, 0.3) is 0 Å². The van der Waals surface area contributed by atoms with E-state index in [1.807, 2.05) is 67.3 Å². The van der Waals surface area contributed by atoms with Gasteiger partial charge in [0.05, 0.1) is 6.04 Å². The molecule has 2 aromatic rings. The number of ether oxygens (including phenoxy) is 1. The molecule has 5 nitrogen and oxygen atoms in total. The molecule has 6 heteroatoms. The molecule has 0 aliphatic carbocycles. The largest absolute Gasteiger partial charge is 0.491 e. The molecule has 0 bridgehead atoms. The van der Waals surface area contributed by atoms with Gasteiger partial charge in [0.1, 0.15) is 12.4 Å². The zero-order chi connectivity index (χ0) is 19.2. The minimum absolute atomic E-state index is 0.0628. The lowest BCUT2D eigenvalue weighted by Crippen LogP contribution is -2.39. The molecule has 1 aliphatic rings. The summed E-state index contributed by atoms with van der Waals surface area (Å²) in [6.07, 6.45) is 1.56. The minimum Gasteiger partial charge on any atom is -0.491 e. The summed E-state index contributed by atoms with van der Waals surface area (Å²) in [5.41, 5.74) is 2.93. The van der Waals surface area contributed by atoms with Crippen LogP contribution in [0.3, 0.4) is 0 Å². The molecular weight excluding hydrogens is 358 g/mol. The summed E-state index contributed by atoms with van der Waals surface area (Å²) in [5, 5.41) is 6.97. The van der Waals surface area contributed by atoms with Crippen LogP contribution in [0.5, 0.6) is 5.75 Å². The highest BCUT2D eigenvalue weighted by Gasteiger charge is 2.22. The molecule has 1 fully saturated rings. The van der Waals surface area contributed by atoms with Crippen molar-refractivity contribution >= 4 is 34.6 Å². The maximum absolute atomic E-state index is 11.9. The Hall–Kier alpha value is -2.60. The Labute approximate surface area is 165 Å². The van der Waals surface area contributed by atoms with E-state index in [0.29, 0.717) is 18.1 Å². The lowest BCUT2D eigenvalue weighted by molar-refractivity contribution is -0.117. The highest BCUT2D eigenvalue weighted by molar-refractivity contribution is 7.80. The predicted octanol–water partition coefficient (Wildman–Crippen LogP) is 3.88. The molecule has 1 heterocycles. The SMILES string of the molecule is Cc1cc(NC(=S)N[C@@H](C)COc2ccccc2)ccc1N1CCCC1=O. The molecule has 1 atom stereocenters. The second kappa shape index (κ2) is 8.86. The van der Waals surface area contributed by atoms with Crippen LogP contribution in [0.1, 0.15) is 25.3 Å². The number of hydrogen-bond donors (Lipinski definition) is 2. The van der Waals surface area contributed by atoms with Crippen molar-refractivity contribution < 1.29 is 9.53 Å². The van der Waals surface area contributed by atoms with Crippen LogP contribution in [0.15, 0.2) is 48.5 Å². The van der Waals surface area contributed by atoms with Crippen LogP contribution in [0, 0.1) is 6.92 Å². The fraction of sp³-hybridized carbons (Fsp3) is 0.333. The number of thiocarbonyl (C=S) groups is 1. The van der Waals surface area contributed by atoms with Crippen molar-refractivity contribution in [2.24, 2.45) is 0 Å². The smallest absolute Gasteiger partial charge is 0.227 e. The second-order valence-electron chi connectivity index (χ2n) is 6.77. The van der Waals surface area contributed by atoms with Gasteiger partial charge in [0, 0.05) is 24.3 Å². The normalized spacial score (nSPS) is 14.7. The number of para-hydroxylation sites is 1. The number of benzene rings is 2. The Bertz CT molecular complexity index is 810. The van der Waals surface area contributed by atoms with Crippen LogP contribution >= 0.6 is 12.2 Å². The first-order valence-electron chi connectivity index (χ1n) is 9.19. The van der Waals surface area contributed by atoms with Crippen LogP contribution in [-0.4, -0.2) is 30.2 Å². The van der Waals surface area contributed by atoms with Crippen molar-refractivity contribution in [1.82, 2.24) is 5.32 Å². The number of nitrogens with zero attached hydrogens (tertiary/aromatic N) is 1. The van der Waals surface area contributed by atoms with E-state index < -0.39 is 0 Å². The van der Waals surface area contributed by atoms with Gasteiger partial charge in [0.15, 0.2) is 5.11 Å². The molecule has 142 valence electrons. The molecule has 2 N–H and O–H groups in total. The maximum atomic E-state index is 11.9. The number of amides is 1. The average molecular weight is 384 g/mol. The Balaban J connectivity index is 1.51. The molecule has 27 heavy (non-hydrogen) atoms. The predicted molar refractivity (Wildman–Crippen MR) is 114 cm³/mol. The van der Waals surface area contributed by atoms with E-state index in [9.17, 15) is 4.79 Å². The Morgan fingerprint density at radius 1 is 1.26 bits per heavy atom. The molecule has 3 rings (SSSR count). The van der Waals surface area contributed by atoms with E-state index in [-0.39, 0.29) is 11.9 Å². The summed E-state index contributed by atoms with van der Waals surface area (Å²) in [6, 6.07) is 15.7. The molecule has 0 saturated carbocycles. The highest BCUT2D eigenvalue weighted by atomic mass is 32.1. The van der Waals surface area contributed by atoms with Crippen molar-refractivity contribution in [2.45, 2.75) is 32.7 Å². The quantitative estimate of drug-likeness (QED) is 0.742. The number of anilines is 2. The molecule has 0 aromatic heterocycles. The van der Waals surface area contributed by atoms with Gasteiger partial charge in [-0.25, -0.2) is 0 Å². The fourth-order valence-corrected chi connectivity index (χ4v) is 3.43. The first-order chi connectivity index (χ1) is 13.0. The van der Waals surface area contributed by atoms with Gasteiger partial charge < -0.3 is 20.3 Å². The Kier molecular flexibility index (Phi) is 6.29. The first kappa shape index (κ1) is 19.2. The Morgan fingerprint density at radius 3 is 2.70 bits per heavy atom. The summed E-state index contributed by atoms with van der Waals surface area (Å²) in [6.45, 7) is 5.34. The standard InChI is InChI=1S/C21H25N3O2S/c1-15-13-17(10-11-19(15)24-12-6-9-20(24)25)23-21(27)22-16(2)14-26-18-7-4-3-5-8-18/h3-5,7-8,10-11,13,16H,6,9,12,14H2,1-2H3,(H2,22,23,27)/t16-/m0/s1. The third-order valence-corrected chi connectivity index (χ3v) is 4.66. The van der Waals surface area contributed by atoms with Crippen LogP contribution in [0.25, 0.3) is 0 Å². The van der Waals surface area contributed by atoms with E-state index in [4.69, 9.17) is 17.0 Å². The van der Waals surface area contributed by atoms with E-state index in [0.717, 1.165) is 35.7 Å². The van der Waals surface area contributed by atoms with E-state index in [1.165, 1.54) is 0 Å². The number of carbonyl (C=O) groups is 1. The van der Waals surface area contributed by atoms with E-state index in [1.54, 1.807) is 0 Å². The maximum Gasteiger partial charge on any atom is 0.227 e. The number of carbonyl (C=O) groups excluding carboxylic acids is 1. The van der Waals surface area contributed by atoms with Crippen molar-refractivity contribution in [3.8, 4) is 5.75 Å². The van der Waals surface area contributed by atoms with Crippen LogP contribution in [0.4, 0.5) is 11.4 Å². The van der Waals surface area contributed by atoms with Gasteiger partial charge in [0.2, 0.25) is 5.91 Å². The summed E-state index contributed by atoms with van der Waals surface area (Å²) in [4.78, 5) is 13.8. The van der Waals surface area contributed by atoms with Gasteiger partial charge in [-0.3, -0.25) is 4.79 Å². The molecule has 0 spiro atoms. The number of aryl methyl sites for hydroxylation is 1. The Morgan fingerprint density at radius 2 is 2.04 bits per heavy atom. The zero-order valence-corrected chi connectivity index (χ0v) is 16.5. The zero-order valence-electron chi connectivity index (χ0n) is 15.7. The second-order valence-corrected chi connectivity index (χ2v) is 7.18. The summed E-state index contributed by atoms with van der Waals surface area (Å²) in [7, 11) is 0. The van der Waals surface area contributed by atoms with Crippen LogP contribution in [0.2, 0.25) is 0 Å². The fourth-order valence-electron chi connectivity index (χ4n) is 3.11. The van der Waals surface area contributed by atoms with Crippen LogP contribution < -0.4 is 20.3 Å². The molecule has 1 amide bonds. The van der Waals surface area contributed by atoms with Gasteiger partial charge in [-0.05, 0) is 68.4 Å². The van der Waals surface area contributed by atoms with Gasteiger partial charge in [-0.2, -0.15) is 0 Å². The monoisotopic (exact) mass is 383 g/mol. The molecule has 1 aliphatic heterocycles. The minimum atomic E-state index is 0.0628. The number of hydrogen-bond acceptors (Lipinski definition) is 3. The van der Waals surface area contributed by atoms with Crippen molar-refractivity contribution in [1.29, 1.82) is 0 Å². The molecule has 2 aromatic carbocycles. The molecule has 1 saturated heterocycles. The van der Waals surface area contributed by atoms with Gasteiger partial charge >= 0.3 is 0 Å². The highest BCUT2D eigenvalue weighted by Crippen LogP contribution is 2.27. The average Bonchev–Trinajstić information content (AvgIpc) is 3.06. The molecule has 0 radical (unpaired) electrons. The van der Waals surface area contributed by atoms with Crippen molar-refractivity contribution in [3.63, 3.8) is 0 Å². The third-order valence-electron chi connectivity index (χ3n) is 4.44. The third kappa shape index (κ3) is 5.20. The topological polar surface area (TPSA) is 53.6 Å². The number of rotatable bonds is 6. The summed E-state index contributed by atoms with van der Waals surface area (Å²) < 4.78 is 5.73. The van der Waals surface area contributed by atoms with Crippen molar-refractivity contribution in [2.75, 3.05) is 23.4 Å². The first-order valence-corrected chi connectivity index (χ1v) is 9.60. The van der Waals surface area contributed by atoms with Crippen molar-refractivity contribution in [3.05, 3.63) is 54.1 Å². The van der Waals surface area contributed by atoms with E-state index >= 15 is 0 Å². The molecule has 0 unspecified atom stereocenters. The van der Waals surface area contributed by atoms with Gasteiger partial charge in [-0.1, -0.05) is 18.2 Å². The number of nitrogens with one attached hydrogen (secondary N) is 2. The summed E-state index contributed by atoms with van der Waals surface area (Å²) in [5.74, 6) is 1.04.